The number of nitrogens with one attached hydrogen (secondary N) is 1. The Bertz CT molecular complexity index is 697. The highest BCUT2D eigenvalue weighted by Gasteiger charge is 2.14. The number of nitrogens with zero attached hydrogens (tertiary/aromatic N) is 1. The summed E-state index contributed by atoms with van der Waals surface area (Å²) in [6.07, 6.45) is 2.13. The summed E-state index contributed by atoms with van der Waals surface area (Å²) < 4.78 is 26.8. The minimum Gasteiger partial charge on any atom is -0.326 e. The lowest BCUT2D eigenvalue weighted by atomic mass is 10.1. The molecule has 0 aliphatic rings. The molecule has 0 aliphatic heterocycles. The molecule has 2 aromatic rings. The van der Waals surface area contributed by atoms with Crippen LogP contribution in [0.5, 0.6) is 0 Å². The van der Waals surface area contributed by atoms with E-state index in [1.807, 2.05) is 31.2 Å². The predicted molar refractivity (Wildman–Crippen MR) is 82.2 cm³/mol. The van der Waals surface area contributed by atoms with Gasteiger partial charge in [0.05, 0.1) is 0 Å². The average molecular weight is 305 g/mol. The van der Waals surface area contributed by atoms with Crippen molar-refractivity contribution in [3.05, 3.63) is 59.3 Å². The summed E-state index contributed by atoms with van der Waals surface area (Å²) in [7, 11) is -3.57. The highest BCUT2D eigenvalue weighted by molar-refractivity contribution is 7.89. The van der Waals surface area contributed by atoms with Gasteiger partial charge in [0.15, 0.2) is 5.03 Å². The number of nitrogens with two attached hydrogens (primary N) is 1. The molecule has 6 heteroatoms. The molecule has 0 saturated heterocycles. The average Bonchev–Trinajstić information content (AvgIpc) is 2.49. The summed E-state index contributed by atoms with van der Waals surface area (Å²) >= 11 is 0. The van der Waals surface area contributed by atoms with Crippen LogP contribution in [-0.4, -0.2) is 19.9 Å². The van der Waals surface area contributed by atoms with E-state index in [0.29, 0.717) is 19.5 Å². The first-order valence-corrected chi connectivity index (χ1v) is 8.20. The van der Waals surface area contributed by atoms with E-state index in [-0.39, 0.29) is 5.03 Å². The zero-order valence-electron chi connectivity index (χ0n) is 11.9. The second kappa shape index (κ2) is 6.80. The lowest BCUT2D eigenvalue weighted by Crippen LogP contribution is -2.27. The van der Waals surface area contributed by atoms with E-state index < -0.39 is 10.0 Å². The van der Waals surface area contributed by atoms with Crippen LogP contribution < -0.4 is 10.5 Å². The molecular weight excluding hydrogens is 286 g/mol. The fraction of sp³-hybridized carbons (Fsp3) is 0.267. The second-order valence-electron chi connectivity index (χ2n) is 4.78. The van der Waals surface area contributed by atoms with Gasteiger partial charge in [0.25, 0.3) is 10.0 Å². The Morgan fingerprint density at radius 1 is 1.19 bits per heavy atom. The van der Waals surface area contributed by atoms with Crippen LogP contribution in [-0.2, 0) is 23.0 Å². The van der Waals surface area contributed by atoms with Crippen LogP contribution >= 0.6 is 0 Å². The molecule has 5 nitrogen and oxygen atoms in total. The first-order valence-electron chi connectivity index (χ1n) is 6.72. The molecule has 0 saturated carbocycles. The number of hydrogen-bond donors (Lipinski definition) is 2. The fourth-order valence-electron chi connectivity index (χ4n) is 1.98. The van der Waals surface area contributed by atoms with Crippen molar-refractivity contribution in [2.45, 2.75) is 24.9 Å². The summed E-state index contributed by atoms with van der Waals surface area (Å²) in [5.41, 5.74) is 8.55. The number of sulfonamides is 1. The van der Waals surface area contributed by atoms with Crippen LogP contribution in [0.1, 0.15) is 16.7 Å². The smallest absolute Gasteiger partial charge is 0.258 e. The normalized spacial score (nSPS) is 11.5. The van der Waals surface area contributed by atoms with Gasteiger partial charge in [-0.05, 0) is 36.1 Å². The molecule has 1 aromatic heterocycles. The first-order chi connectivity index (χ1) is 10.0. The molecule has 112 valence electrons. The van der Waals surface area contributed by atoms with Gasteiger partial charge in [-0.2, -0.15) is 0 Å². The van der Waals surface area contributed by atoms with E-state index in [2.05, 4.69) is 9.71 Å². The molecule has 1 aromatic carbocycles. The van der Waals surface area contributed by atoms with Gasteiger partial charge >= 0.3 is 0 Å². The molecule has 2 rings (SSSR count). The van der Waals surface area contributed by atoms with Crippen LogP contribution in [0.2, 0.25) is 0 Å². The van der Waals surface area contributed by atoms with Crippen LogP contribution in [0, 0.1) is 6.92 Å². The molecule has 1 heterocycles. The van der Waals surface area contributed by atoms with Crippen molar-refractivity contribution in [1.82, 2.24) is 9.71 Å². The number of aromatic nitrogens is 1. The van der Waals surface area contributed by atoms with Crippen molar-refractivity contribution < 1.29 is 8.42 Å². The molecule has 21 heavy (non-hydrogen) atoms. The molecule has 0 spiro atoms. The maximum Gasteiger partial charge on any atom is 0.258 e. The Labute approximate surface area is 125 Å². The molecule has 0 fully saturated rings. The van der Waals surface area contributed by atoms with Crippen LogP contribution in [0.3, 0.4) is 0 Å². The highest BCUT2D eigenvalue weighted by Crippen LogP contribution is 2.09. The SMILES string of the molecule is Cc1ccccc1CCNS(=O)(=O)c1ccc(CN)cn1. The van der Waals surface area contributed by atoms with E-state index in [4.69, 9.17) is 5.73 Å². The van der Waals surface area contributed by atoms with Gasteiger partial charge < -0.3 is 5.73 Å². The lowest BCUT2D eigenvalue weighted by Gasteiger charge is -2.08. The third-order valence-electron chi connectivity index (χ3n) is 3.26. The summed E-state index contributed by atoms with van der Waals surface area (Å²) in [5.74, 6) is 0. The van der Waals surface area contributed by atoms with Crippen molar-refractivity contribution in [3.8, 4) is 0 Å². The molecular formula is C15H19N3O2S. The number of benzene rings is 1. The van der Waals surface area contributed by atoms with Crippen LogP contribution in [0.25, 0.3) is 0 Å². The van der Waals surface area contributed by atoms with Crippen LogP contribution in [0.4, 0.5) is 0 Å². The van der Waals surface area contributed by atoms with E-state index in [9.17, 15) is 8.42 Å². The number of aryl methyl sites for hydroxylation is 1. The molecule has 0 bridgehead atoms. The summed E-state index contributed by atoms with van der Waals surface area (Å²) in [4.78, 5) is 3.93. The molecule has 0 unspecified atom stereocenters. The Morgan fingerprint density at radius 3 is 2.57 bits per heavy atom. The highest BCUT2D eigenvalue weighted by atomic mass is 32.2. The van der Waals surface area contributed by atoms with Crippen molar-refractivity contribution in [2.75, 3.05) is 6.54 Å². The summed E-state index contributed by atoms with van der Waals surface area (Å²) in [6, 6.07) is 11.1. The maximum atomic E-state index is 12.1. The van der Waals surface area contributed by atoms with E-state index in [1.54, 1.807) is 6.07 Å². The predicted octanol–water partition coefficient (Wildman–Crippen LogP) is 1.37. The zero-order valence-corrected chi connectivity index (χ0v) is 12.7. The van der Waals surface area contributed by atoms with Crippen LogP contribution in [0.15, 0.2) is 47.6 Å². The van der Waals surface area contributed by atoms with Gasteiger partial charge in [0.2, 0.25) is 0 Å². The Morgan fingerprint density at radius 2 is 1.95 bits per heavy atom. The van der Waals surface area contributed by atoms with Gasteiger partial charge in [-0.15, -0.1) is 0 Å². The minimum atomic E-state index is -3.57. The Balaban J connectivity index is 1.99. The minimum absolute atomic E-state index is 0.0180. The first kappa shape index (κ1) is 15.6. The zero-order chi connectivity index (χ0) is 15.3. The standard InChI is InChI=1S/C15H19N3O2S/c1-12-4-2-3-5-14(12)8-9-18-21(19,20)15-7-6-13(10-16)11-17-15/h2-7,11,18H,8-10,16H2,1H3. The summed E-state index contributed by atoms with van der Waals surface area (Å²) in [5, 5.41) is 0.0180. The van der Waals surface area contributed by atoms with E-state index >= 15 is 0 Å². The monoisotopic (exact) mass is 305 g/mol. The third kappa shape index (κ3) is 4.10. The van der Waals surface area contributed by atoms with Crippen molar-refractivity contribution in [1.29, 1.82) is 0 Å². The fourth-order valence-corrected chi connectivity index (χ4v) is 2.93. The molecule has 0 aliphatic carbocycles. The topological polar surface area (TPSA) is 85.1 Å². The number of hydrogen-bond acceptors (Lipinski definition) is 4. The molecule has 0 amide bonds. The molecule has 3 N–H and O–H groups in total. The third-order valence-corrected chi connectivity index (χ3v) is 4.63. The summed E-state index contributed by atoms with van der Waals surface area (Å²) in [6.45, 7) is 2.69. The van der Waals surface area contributed by atoms with E-state index in [1.165, 1.54) is 12.3 Å². The number of pyridine rings is 1. The molecule has 0 radical (unpaired) electrons. The number of rotatable bonds is 6. The molecule has 0 atom stereocenters. The van der Waals surface area contributed by atoms with Crippen molar-refractivity contribution in [2.24, 2.45) is 5.73 Å². The van der Waals surface area contributed by atoms with Crippen molar-refractivity contribution >= 4 is 10.0 Å². The largest absolute Gasteiger partial charge is 0.326 e. The van der Waals surface area contributed by atoms with E-state index in [0.717, 1.165) is 16.7 Å². The van der Waals surface area contributed by atoms with Gasteiger partial charge in [-0.1, -0.05) is 30.3 Å². The van der Waals surface area contributed by atoms with Gasteiger partial charge in [-0.3, -0.25) is 0 Å². The maximum absolute atomic E-state index is 12.1. The second-order valence-corrected chi connectivity index (χ2v) is 6.50. The van der Waals surface area contributed by atoms with Gasteiger partial charge in [0, 0.05) is 19.3 Å². The van der Waals surface area contributed by atoms with Crippen molar-refractivity contribution in [3.63, 3.8) is 0 Å². The lowest BCUT2D eigenvalue weighted by molar-refractivity contribution is 0.577. The van der Waals surface area contributed by atoms with Gasteiger partial charge in [0.1, 0.15) is 0 Å². The quantitative estimate of drug-likeness (QED) is 0.844. The Hall–Kier alpha value is -1.76. The Kier molecular flexibility index (Phi) is 5.06. The van der Waals surface area contributed by atoms with Gasteiger partial charge in [-0.25, -0.2) is 18.1 Å².